The van der Waals surface area contributed by atoms with Crippen LogP contribution in [0.4, 0.5) is 0 Å². The Hall–Kier alpha value is -0.820. The van der Waals surface area contributed by atoms with Crippen LogP contribution in [0.15, 0.2) is 6.07 Å². The highest BCUT2D eigenvalue weighted by Crippen LogP contribution is 2.42. The number of ether oxygens (including phenoxy) is 1. The quantitative estimate of drug-likeness (QED) is 0.524. The van der Waals surface area contributed by atoms with E-state index in [2.05, 4.69) is 9.71 Å². The van der Waals surface area contributed by atoms with Crippen molar-refractivity contribution in [1.29, 1.82) is 0 Å². The van der Waals surface area contributed by atoms with Gasteiger partial charge >= 0.3 is 0 Å². The summed E-state index contributed by atoms with van der Waals surface area (Å²) in [7, 11) is 0. The zero-order valence-electron chi connectivity index (χ0n) is 12.7. The summed E-state index contributed by atoms with van der Waals surface area (Å²) >= 11 is 4.80. The molecule has 0 amide bonds. The second kappa shape index (κ2) is 5.43. The largest absolute Gasteiger partial charge is 0.598 e. The smallest absolute Gasteiger partial charge is 0.178 e. The number of rotatable bonds is 3. The summed E-state index contributed by atoms with van der Waals surface area (Å²) in [5.41, 5.74) is 0.314. The molecule has 0 saturated carbocycles. The van der Waals surface area contributed by atoms with Crippen molar-refractivity contribution < 1.29 is 14.1 Å². The maximum Gasteiger partial charge on any atom is 0.178 e. The second-order valence-electron chi connectivity index (χ2n) is 6.34. The van der Waals surface area contributed by atoms with Crippen LogP contribution in [-0.4, -0.2) is 26.7 Å². The van der Waals surface area contributed by atoms with Crippen LogP contribution >= 0.6 is 11.6 Å². The number of ketones is 1. The van der Waals surface area contributed by atoms with Crippen LogP contribution in [0, 0.1) is 0 Å². The van der Waals surface area contributed by atoms with Gasteiger partial charge in [-0.2, -0.15) is 0 Å². The van der Waals surface area contributed by atoms with E-state index in [0.717, 1.165) is 0 Å². The van der Waals surface area contributed by atoms with Crippen molar-refractivity contribution in [1.82, 2.24) is 9.71 Å². The molecule has 1 N–H and O–H groups in total. The lowest BCUT2D eigenvalue weighted by atomic mass is 9.95. The monoisotopic (exact) mass is 330 g/mol. The molecule has 0 saturated heterocycles. The molecule has 5 nitrogen and oxygen atoms in total. The number of pyridine rings is 1. The first-order chi connectivity index (χ1) is 9.54. The van der Waals surface area contributed by atoms with Crippen LogP contribution in [-0.2, 0) is 16.9 Å². The van der Waals surface area contributed by atoms with Crippen molar-refractivity contribution >= 4 is 28.7 Å². The lowest BCUT2D eigenvalue weighted by Gasteiger charge is -2.31. The Morgan fingerprint density at radius 2 is 2.19 bits per heavy atom. The van der Waals surface area contributed by atoms with Crippen LogP contribution in [0.3, 0.4) is 0 Å². The lowest BCUT2D eigenvalue weighted by Crippen LogP contribution is -2.50. The zero-order chi connectivity index (χ0) is 16.0. The number of nitrogens with one attached hydrogen (secondary N) is 1. The molecule has 0 fully saturated rings. The minimum Gasteiger partial charge on any atom is -0.598 e. The third-order valence-corrected chi connectivity index (χ3v) is 5.27. The number of halogens is 1. The molecule has 1 aliphatic heterocycles. The van der Waals surface area contributed by atoms with Gasteiger partial charge in [0.15, 0.2) is 16.7 Å². The summed E-state index contributed by atoms with van der Waals surface area (Å²) in [5.74, 6) is 0.272. The van der Waals surface area contributed by atoms with Crippen LogP contribution in [0.5, 0.6) is 5.75 Å². The average Bonchev–Trinajstić information content (AvgIpc) is 2.66. The molecule has 0 spiro atoms. The molecule has 116 valence electrons. The van der Waals surface area contributed by atoms with Crippen LogP contribution < -0.4 is 9.46 Å². The van der Waals surface area contributed by atoms with Crippen LogP contribution in [0.25, 0.3) is 0 Å². The van der Waals surface area contributed by atoms with Gasteiger partial charge in [0, 0.05) is 23.8 Å². The van der Waals surface area contributed by atoms with Gasteiger partial charge in [-0.1, -0.05) is 11.6 Å². The van der Waals surface area contributed by atoms with Gasteiger partial charge in [-0.15, -0.1) is 4.72 Å². The number of aromatic nitrogens is 1. The maximum absolute atomic E-state index is 12.4. The van der Waals surface area contributed by atoms with E-state index in [4.69, 9.17) is 16.3 Å². The minimum atomic E-state index is -1.28. The normalized spacial score (nSPS) is 22.6. The number of Topliss-reactive ketones (excluding diaryl/α,β-unsaturated/α-hetero) is 1. The van der Waals surface area contributed by atoms with E-state index in [-0.39, 0.29) is 23.2 Å². The van der Waals surface area contributed by atoms with E-state index < -0.39 is 21.6 Å². The average molecular weight is 331 g/mol. The van der Waals surface area contributed by atoms with Crippen LogP contribution in [0.1, 0.15) is 50.7 Å². The summed E-state index contributed by atoms with van der Waals surface area (Å²) in [4.78, 5) is 15.6. The Labute approximate surface area is 132 Å². The molecule has 2 unspecified atom stereocenters. The van der Waals surface area contributed by atoms with Gasteiger partial charge in [0.2, 0.25) is 0 Å². The third kappa shape index (κ3) is 3.18. The van der Waals surface area contributed by atoms with Gasteiger partial charge in [0.1, 0.15) is 22.6 Å². The Balaban J connectivity index is 2.42. The molecule has 0 aromatic carbocycles. The predicted octanol–water partition coefficient (Wildman–Crippen LogP) is 2.60. The summed E-state index contributed by atoms with van der Waals surface area (Å²) in [6.45, 7) is 9.25. The van der Waals surface area contributed by atoms with E-state index >= 15 is 0 Å². The number of carbonyl (C=O) groups is 1. The molecular weight excluding hydrogens is 312 g/mol. The summed E-state index contributed by atoms with van der Waals surface area (Å²) in [6.07, 6.45) is 0. The fourth-order valence-corrected chi connectivity index (χ4v) is 3.10. The molecule has 1 aromatic rings. The molecule has 0 radical (unpaired) electrons. The topological polar surface area (TPSA) is 74.3 Å². The third-order valence-electron chi connectivity index (χ3n) is 3.27. The first-order valence-corrected chi connectivity index (χ1v) is 8.12. The van der Waals surface area contributed by atoms with Crippen molar-refractivity contribution in [3.05, 3.63) is 22.5 Å². The van der Waals surface area contributed by atoms with Crippen molar-refractivity contribution in [3.63, 3.8) is 0 Å². The standard InChI is InChI=1S/C14H19ClN2O3S/c1-8(18)10-6-9-11(12(15)16-10)20-7-14(9,5)17-21(19)13(2,3)4/h6,17H,7H2,1-5H3. The molecule has 2 rings (SSSR count). The highest BCUT2D eigenvalue weighted by molar-refractivity contribution is 7.90. The number of hydrogen-bond acceptors (Lipinski definition) is 5. The Morgan fingerprint density at radius 1 is 1.57 bits per heavy atom. The SMILES string of the molecule is CC(=O)c1cc2c(c(Cl)n1)OCC2(C)N[S+]([O-])C(C)(C)C. The number of carbonyl (C=O) groups excluding carboxylic acids is 1. The lowest BCUT2D eigenvalue weighted by molar-refractivity contribution is 0.101. The van der Waals surface area contributed by atoms with Crippen molar-refractivity contribution in [2.45, 2.75) is 44.9 Å². The van der Waals surface area contributed by atoms with E-state index in [9.17, 15) is 9.35 Å². The number of fused-ring (bicyclic) bond motifs is 1. The Kier molecular flexibility index (Phi) is 4.28. The fraction of sp³-hybridized carbons (Fsp3) is 0.571. The highest BCUT2D eigenvalue weighted by atomic mass is 35.5. The van der Waals surface area contributed by atoms with Gasteiger partial charge in [0.25, 0.3) is 0 Å². The van der Waals surface area contributed by atoms with E-state index in [1.807, 2.05) is 27.7 Å². The fourth-order valence-electron chi connectivity index (χ4n) is 1.97. The first-order valence-electron chi connectivity index (χ1n) is 6.59. The van der Waals surface area contributed by atoms with Crippen molar-refractivity contribution in [2.24, 2.45) is 0 Å². The zero-order valence-corrected chi connectivity index (χ0v) is 14.3. The van der Waals surface area contributed by atoms with Gasteiger partial charge in [-0.25, -0.2) is 4.98 Å². The first kappa shape index (κ1) is 16.5. The van der Waals surface area contributed by atoms with Gasteiger partial charge in [0.05, 0.1) is 0 Å². The molecule has 2 atom stereocenters. The van der Waals surface area contributed by atoms with Gasteiger partial charge < -0.3 is 9.29 Å². The van der Waals surface area contributed by atoms with Crippen molar-refractivity contribution in [3.8, 4) is 5.75 Å². The second-order valence-corrected chi connectivity index (χ2v) is 8.66. The Morgan fingerprint density at radius 3 is 2.71 bits per heavy atom. The van der Waals surface area contributed by atoms with E-state index in [0.29, 0.717) is 11.3 Å². The molecule has 2 heterocycles. The van der Waals surface area contributed by atoms with Crippen LogP contribution in [0.2, 0.25) is 5.15 Å². The summed E-state index contributed by atoms with van der Waals surface area (Å²) in [5, 5.41) is 0.157. The molecule has 1 aromatic heterocycles. The molecule has 7 heteroatoms. The van der Waals surface area contributed by atoms with Gasteiger partial charge in [-0.3, -0.25) is 4.79 Å². The maximum atomic E-state index is 12.4. The molecule has 21 heavy (non-hydrogen) atoms. The molecule has 0 bridgehead atoms. The van der Waals surface area contributed by atoms with Crippen molar-refractivity contribution in [2.75, 3.05) is 6.61 Å². The molecular formula is C14H19ClN2O3S. The number of hydrogen-bond donors (Lipinski definition) is 1. The summed E-state index contributed by atoms with van der Waals surface area (Å²) in [6, 6.07) is 1.66. The predicted molar refractivity (Wildman–Crippen MR) is 83.1 cm³/mol. The number of nitrogens with zero attached hydrogens (tertiary/aromatic N) is 1. The minimum absolute atomic E-state index is 0.157. The highest BCUT2D eigenvalue weighted by Gasteiger charge is 2.44. The molecule has 0 aliphatic carbocycles. The Bertz CT molecular complexity index is 588. The molecule has 1 aliphatic rings. The van der Waals surface area contributed by atoms with E-state index in [1.54, 1.807) is 6.07 Å². The van der Waals surface area contributed by atoms with E-state index in [1.165, 1.54) is 6.92 Å². The summed E-state index contributed by atoms with van der Waals surface area (Å²) < 4.78 is 20.6. The van der Waals surface area contributed by atoms with Gasteiger partial charge in [-0.05, 0) is 33.8 Å².